The molecule has 0 spiro atoms. The molecule has 0 radical (unpaired) electrons. The molecule has 0 aromatic rings. The van der Waals surface area contributed by atoms with E-state index in [0.29, 0.717) is 12.5 Å². The van der Waals surface area contributed by atoms with E-state index in [2.05, 4.69) is 46.3 Å². The van der Waals surface area contributed by atoms with E-state index in [9.17, 15) is 0 Å². The highest BCUT2D eigenvalue weighted by Crippen LogP contribution is 2.04. The van der Waals surface area contributed by atoms with Gasteiger partial charge >= 0.3 is 0 Å². The summed E-state index contributed by atoms with van der Waals surface area (Å²) in [6, 6.07) is 0. The number of nitrogens with zero attached hydrogens (tertiary/aromatic N) is 3. The maximum atomic E-state index is 5.05. The third kappa shape index (κ3) is 9.81. The molecule has 0 aromatic heterocycles. The first-order valence-corrected chi connectivity index (χ1v) is 8.07. The van der Waals surface area contributed by atoms with Crippen molar-refractivity contribution in [1.82, 2.24) is 20.4 Å². The second kappa shape index (κ2) is 13.3. The van der Waals surface area contributed by atoms with Crippen molar-refractivity contribution in [2.45, 2.75) is 13.8 Å². The van der Waals surface area contributed by atoms with Crippen molar-refractivity contribution in [3.8, 4) is 0 Å². The third-order valence-corrected chi connectivity index (χ3v) is 3.67. The van der Waals surface area contributed by atoms with Crippen LogP contribution in [-0.2, 0) is 4.74 Å². The van der Waals surface area contributed by atoms with E-state index in [1.54, 1.807) is 7.11 Å². The average Bonchev–Trinajstić information content (AvgIpc) is 2.47. The lowest BCUT2D eigenvalue weighted by atomic mass is 10.1. The van der Waals surface area contributed by atoms with E-state index in [4.69, 9.17) is 4.74 Å². The molecule has 0 aromatic carbocycles. The van der Waals surface area contributed by atoms with Crippen LogP contribution in [0.3, 0.4) is 0 Å². The first kappa shape index (κ1) is 21.9. The number of methoxy groups -OCH3 is 1. The highest BCUT2D eigenvalue weighted by Gasteiger charge is 2.15. The summed E-state index contributed by atoms with van der Waals surface area (Å²) < 4.78 is 5.05. The summed E-state index contributed by atoms with van der Waals surface area (Å²) in [6.07, 6.45) is 0. The van der Waals surface area contributed by atoms with Crippen molar-refractivity contribution in [1.29, 1.82) is 0 Å². The van der Waals surface area contributed by atoms with Gasteiger partial charge in [0.15, 0.2) is 5.96 Å². The fraction of sp³-hybridized carbons (Fsp3) is 0.933. The first-order valence-electron chi connectivity index (χ1n) is 8.07. The van der Waals surface area contributed by atoms with Gasteiger partial charge in [0.25, 0.3) is 0 Å². The number of rotatable bonds is 8. The third-order valence-electron chi connectivity index (χ3n) is 3.67. The van der Waals surface area contributed by atoms with Crippen molar-refractivity contribution < 1.29 is 4.74 Å². The molecule has 6 nitrogen and oxygen atoms in total. The molecule has 1 unspecified atom stereocenters. The van der Waals surface area contributed by atoms with Crippen LogP contribution >= 0.6 is 24.0 Å². The SMILES string of the molecule is CCNC(=NCC(C)CN1CCN(C)CC1)NCCOC.I. The Kier molecular flexibility index (Phi) is 13.3. The number of halogens is 1. The van der Waals surface area contributed by atoms with Crippen LogP contribution in [0.15, 0.2) is 4.99 Å². The molecule has 1 fully saturated rings. The number of ether oxygens (including phenoxy) is 1. The van der Waals surface area contributed by atoms with Crippen molar-refractivity contribution in [3.63, 3.8) is 0 Å². The van der Waals surface area contributed by atoms with Gasteiger partial charge in [0.2, 0.25) is 0 Å². The zero-order chi connectivity index (χ0) is 15.5. The average molecular weight is 427 g/mol. The number of hydrogen-bond acceptors (Lipinski definition) is 4. The maximum Gasteiger partial charge on any atom is 0.191 e. The Morgan fingerprint density at radius 2 is 1.91 bits per heavy atom. The highest BCUT2D eigenvalue weighted by molar-refractivity contribution is 14.0. The predicted molar refractivity (Wildman–Crippen MR) is 104 cm³/mol. The van der Waals surface area contributed by atoms with Gasteiger partial charge in [-0.1, -0.05) is 6.92 Å². The second-order valence-corrected chi connectivity index (χ2v) is 5.85. The van der Waals surface area contributed by atoms with Gasteiger partial charge in [-0.3, -0.25) is 4.99 Å². The fourth-order valence-corrected chi connectivity index (χ4v) is 2.39. The molecule has 1 atom stereocenters. The standard InChI is InChI=1S/C15H33N5O.HI/c1-5-16-15(17-6-11-21-4)18-12-14(2)13-20-9-7-19(3)8-10-20;/h14H,5-13H2,1-4H3,(H2,16,17,18);1H. The minimum absolute atomic E-state index is 0. The molecule has 1 aliphatic rings. The summed E-state index contributed by atoms with van der Waals surface area (Å²) in [4.78, 5) is 9.61. The molecule has 1 rings (SSSR count). The maximum absolute atomic E-state index is 5.05. The molecule has 132 valence electrons. The van der Waals surface area contributed by atoms with Crippen LogP contribution in [0.25, 0.3) is 0 Å². The topological polar surface area (TPSA) is 52.1 Å². The van der Waals surface area contributed by atoms with Crippen LogP contribution in [0.4, 0.5) is 0 Å². The molecule has 1 heterocycles. The van der Waals surface area contributed by atoms with Gasteiger partial charge in [0.05, 0.1) is 6.61 Å². The van der Waals surface area contributed by atoms with E-state index >= 15 is 0 Å². The van der Waals surface area contributed by atoms with Crippen LogP contribution in [-0.4, -0.2) is 88.9 Å². The number of aliphatic imine (C=N–C) groups is 1. The first-order chi connectivity index (χ1) is 10.2. The molecular formula is C15H34IN5O. The molecule has 7 heteroatoms. The van der Waals surface area contributed by atoms with Crippen molar-refractivity contribution >= 4 is 29.9 Å². The van der Waals surface area contributed by atoms with Crippen LogP contribution < -0.4 is 10.6 Å². The van der Waals surface area contributed by atoms with Gasteiger partial charge < -0.3 is 25.2 Å². The van der Waals surface area contributed by atoms with Crippen molar-refractivity contribution in [3.05, 3.63) is 0 Å². The lowest BCUT2D eigenvalue weighted by molar-refractivity contribution is 0.140. The number of hydrogen-bond donors (Lipinski definition) is 2. The molecule has 1 saturated heterocycles. The minimum atomic E-state index is 0. The molecule has 22 heavy (non-hydrogen) atoms. The molecule has 0 saturated carbocycles. The molecule has 1 aliphatic heterocycles. The summed E-state index contributed by atoms with van der Waals surface area (Å²) in [6.45, 7) is 13.4. The van der Waals surface area contributed by atoms with Gasteiger partial charge in [-0.05, 0) is 19.9 Å². The molecule has 0 aliphatic carbocycles. The van der Waals surface area contributed by atoms with Crippen LogP contribution in [0.1, 0.15) is 13.8 Å². The summed E-state index contributed by atoms with van der Waals surface area (Å²) >= 11 is 0. The lowest BCUT2D eigenvalue weighted by Crippen LogP contribution is -2.46. The monoisotopic (exact) mass is 427 g/mol. The number of nitrogens with one attached hydrogen (secondary N) is 2. The van der Waals surface area contributed by atoms with Gasteiger partial charge in [-0.25, -0.2) is 0 Å². The Morgan fingerprint density at radius 3 is 2.50 bits per heavy atom. The number of piperazine rings is 1. The molecular weight excluding hydrogens is 393 g/mol. The summed E-state index contributed by atoms with van der Waals surface area (Å²) in [5, 5.41) is 6.55. The molecule has 2 N–H and O–H groups in total. The predicted octanol–water partition coefficient (Wildman–Crippen LogP) is 0.689. The zero-order valence-electron chi connectivity index (χ0n) is 14.6. The van der Waals surface area contributed by atoms with Gasteiger partial charge in [-0.2, -0.15) is 0 Å². The second-order valence-electron chi connectivity index (χ2n) is 5.85. The number of guanidine groups is 1. The minimum Gasteiger partial charge on any atom is -0.383 e. The lowest BCUT2D eigenvalue weighted by Gasteiger charge is -2.33. The van der Waals surface area contributed by atoms with Gasteiger partial charge in [0, 0.05) is 59.5 Å². The Labute approximate surface area is 153 Å². The molecule has 0 bridgehead atoms. The zero-order valence-corrected chi connectivity index (χ0v) is 16.9. The fourth-order valence-electron chi connectivity index (χ4n) is 2.39. The quantitative estimate of drug-likeness (QED) is 0.259. The van der Waals surface area contributed by atoms with Crippen LogP contribution in [0.2, 0.25) is 0 Å². The summed E-state index contributed by atoms with van der Waals surface area (Å²) in [5.41, 5.74) is 0. The van der Waals surface area contributed by atoms with E-state index in [-0.39, 0.29) is 24.0 Å². The largest absolute Gasteiger partial charge is 0.383 e. The Hall–Kier alpha value is -0.120. The van der Waals surface area contributed by atoms with Crippen molar-refractivity contribution in [2.75, 3.05) is 73.1 Å². The van der Waals surface area contributed by atoms with Crippen molar-refractivity contribution in [2.24, 2.45) is 10.9 Å². The van der Waals surface area contributed by atoms with Crippen LogP contribution in [0, 0.1) is 5.92 Å². The van der Waals surface area contributed by atoms with Crippen LogP contribution in [0.5, 0.6) is 0 Å². The van der Waals surface area contributed by atoms with E-state index in [0.717, 1.165) is 32.1 Å². The smallest absolute Gasteiger partial charge is 0.191 e. The normalized spacial score (nSPS) is 18.6. The Balaban J connectivity index is 0.00000441. The Morgan fingerprint density at radius 1 is 1.23 bits per heavy atom. The van der Waals surface area contributed by atoms with E-state index < -0.39 is 0 Å². The van der Waals surface area contributed by atoms with E-state index in [1.165, 1.54) is 26.2 Å². The summed E-state index contributed by atoms with van der Waals surface area (Å²) in [5.74, 6) is 1.46. The number of likely N-dealkylation sites (N-methyl/N-ethyl adjacent to an activating group) is 1. The molecule has 0 amide bonds. The highest BCUT2D eigenvalue weighted by atomic mass is 127. The van der Waals surface area contributed by atoms with E-state index in [1.807, 2.05) is 0 Å². The summed E-state index contributed by atoms with van der Waals surface area (Å²) in [7, 11) is 3.91. The van der Waals surface area contributed by atoms with Gasteiger partial charge in [0.1, 0.15) is 0 Å². The van der Waals surface area contributed by atoms with Gasteiger partial charge in [-0.15, -0.1) is 24.0 Å². The Bertz CT molecular complexity index is 296.